The highest BCUT2D eigenvalue weighted by molar-refractivity contribution is 6.02. The van der Waals surface area contributed by atoms with Crippen LogP contribution in [0, 0.1) is 10.1 Å². The average molecular weight is 326 g/mol. The first kappa shape index (κ1) is 15.1. The summed E-state index contributed by atoms with van der Waals surface area (Å²) in [6, 6.07) is 5.40. The van der Waals surface area contributed by atoms with Crippen LogP contribution in [0.3, 0.4) is 0 Å². The van der Waals surface area contributed by atoms with Gasteiger partial charge in [0.2, 0.25) is 0 Å². The number of amides is 1. The molecule has 2 N–H and O–H groups in total. The van der Waals surface area contributed by atoms with Crippen molar-refractivity contribution in [2.75, 3.05) is 5.32 Å². The first-order valence-electron chi connectivity index (χ1n) is 6.69. The predicted molar refractivity (Wildman–Crippen MR) is 83.0 cm³/mol. The lowest BCUT2D eigenvalue weighted by Gasteiger charge is -2.01. The molecular formula is C14H10N6O4. The summed E-state index contributed by atoms with van der Waals surface area (Å²) in [5.41, 5.74) is -0.120. The molecule has 3 rings (SSSR count). The summed E-state index contributed by atoms with van der Waals surface area (Å²) in [4.78, 5) is 42.0. The summed E-state index contributed by atoms with van der Waals surface area (Å²) >= 11 is 0. The van der Waals surface area contributed by atoms with Gasteiger partial charge in [0.15, 0.2) is 0 Å². The van der Waals surface area contributed by atoms with Gasteiger partial charge >= 0.3 is 0 Å². The molecule has 3 aromatic rings. The first-order valence-corrected chi connectivity index (χ1v) is 6.69. The van der Waals surface area contributed by atoms with E-state index in [-0.39, 0.29) is 17.1 Å². The SMILES string of the molecule is O=C(Nc1c[nH]n(-c2ccc([N+](=O)[O-])cc2)c1=O)c1cnccn1. The molecule has 0 saturated heterocycles. The number of H-pyrrole nitrogens is 1. The monoisotopic (exact) mass is 326 g/mol. The van der Waals surface area contributed by atoms with E-state index in [0.717, 1.165) is 4.68 Å². The Balaban J connectivity index is 1.85. The van der Waals surface area contributed by atoms with Gasteiger partial charge in [-0.15, -0.1) is 0 Å². The number of aromatic nitrogens is 4. The van der Waals surface area contributed by atoms with Crippen LogP contribution in [-0.4, -0.2) is 30.6 Å². The van der Waals surface area contributed by atoms with Crippen LogP contribution < -0.4 is 10.9 Å². The Hall–Kier alpha value is -3.82. The Labute approximate surface area is 133 Å². The molecule has 0 aliphatic carbocycles. The molecular weight excluding hydrogens is 316 g/mol. The molecule has 2 heterocycles. The lowest BCUT2D eigenvalue weighted by Crippen LogP contribution is -2.21. The van der Waals surface area contributed by atoms with Gasteiger partial charge in [-0.2, -0.15) is 0 Å². The van der Waals surface area contributed by atoms with Gasteiger partial charge in [0.1, 0.15) is 11.4 Å². The fourth-order valence-corrected chi connectivity index (χ4v) is 1.98. The zero-order valence-electron chi connectivity index (χ0n) is 12.0. The summed E-state index contributed by atoms with van der Waals surface area (Å²) in [5, 5.41) is 15.8. The van der Waals surface area contributed by atoms with E-state index in [1.165, 1.54) is 49.1 Å². The predicted octanol–water partition coefficient (Wildman–Crippen LogP) is 1.12. The second-order valence-electron chi connectivity index (χ2n) is 4.65. The number of carbonyl (C=O) groups excluding carboxylic acids is 1. The van der Waals surface area contributed by atoms with Crippen molar-refractivity contribution in [3.05, 3.63) is 75.2 Å². The number of anilines is 1. The van der Waals surface area contributed by atoms with Crippen LogP contribution in [0.15, 0.2) is 53.8 Å². The lowest BCUT2D eigenvalue weighted by molar-refractivity contribution is -0.384. The van der Waals surface area contributed by atoms with Crippen molar-refractivity contribution in [2.45, 2.75) is 0 Å². The zero-order chi connectivity index (χ0) is 17.1. The summed E-state index contributed by atoms with van der Waals surface area (Å²) < 4.78 is 1.15. The van der Waals surface area contributed by atoms with Gasteiger partial charge < -0.3 is 5.32 Å². The number of benzene rings is 1. The van der Waals surface area contributed by atoms with Crippen molar-refractivity contribution < 1.29 is 9.72 Å². The van der Waals surface area contributed by atoms with Crippen LogP contribution in [-0.2, 0) is 0 Å². The van der Waals surface area contributed by atoms with E-state index in [2.05, 4.69) is 20.4 Å². The van der Waals surface area contributed by atoms with E-state index >= 15 is 0 Å². The zero-order valence-corrected chi connectivity index (χ0v) is 12.0. The van der Waals surface area contributed by atoms with E-state index in [1.807, 2.05) is 0 Å². The second kappa shape index (κ2) is 6.12. The molecule has 120 valence electrons. The fraction of sp³-hybridized carbons (Fsp3) is 0. The van der Waals surface area contributed by atoms with E-state index in [0.29, 0.717) is 5.69 Å². The molecule has 0 fully saturated rings. The smallest absolute Gasteiger partial charge is 0.294 e. The van der Waals surface area contributed by atoms with Crippen LogP contribution in [0.25, 0.3) is 5.69 Å². The third kappa shape index (κ3) is 2.88. The molecule has 1 aromatic carbocycles. The Morgan fingerprint density at radius 2 is 2.00 bits per heavy atom. The summed E-state index contributed by atoms with van der Waals surface area (Å²) in [6.07, 6.45) is 5.38. The quantitative estimate of drug-likeness (QED) is 0.544. The Morgan fingerprint density at radius 1 is 1.25 bits per heavy atom. The molecule has 1 amide bonds. The molecule has 24 heavy (non-hydrogen) atoms. The Morgan fingerprint density at radius 3 is 2.62 bits per heavy atom. The minimum Gasteiger partial charge on any atom is -0.315 e. The number of hydrogen-bond acceptors (Lipinski definition) is 6. The van der Waals surface area contributed by atoms with Gasteiger partial charge in [0.25, 0.3) is 17.2 Å². The second-order valence-corrected chi connectivity index (χ2v) is 4.65. The topological polar surface area (TPSA) is 136 Å². The normalized spacial score (nSPS) is 10.3. The Kier molecular flexibility index (Phi) is 3.85. The minimum atomic E-state index is -0.574. The van der Waals surface area contributed by atoms with Crippen LogP contribution in [0.2, 0.25) is 0 Å². The molecule has 10 heteroatoms. The molecule has 0 radical (unpaired) electrons. The molecule has 10 nitrogen and oxygen atoms in total. The number of carbonyl (C=O) groups is 1. The number of nitro benzene ring substituents is 1. The largest absolute Gasteiger partial charge is 0.315 e. The van der Waals surface area contributed by atoms with Crippen LogP contribution in [0.4, 0.5) is 11.4 Å². The summed E-state index contributed by atoms with van der Waals surface area (Å²) in [7, 11) is 0. The average Bonchev–Trinajstić information content (AvgIpc) is 2.96. The van der Waals surface area contributed by atoms with Gasteiger partial charge in [-0.1, -0.05) is 0 Å². The van der Waals surface area contributed by atoms with Crippen molar-refractivity contribution in [3.63, 3.8) is 0 Å². The van der Waals surface area contributed by atoms with Crippen molar-refractivity contribution in [1.29, 1.82) is 0 Å². The number of hydrogen-bond donors (Lipinski definition) is 2. The third-order valence-electron chi connectivity index (χ3n) is 3.13. The molecule has 0 bridgehead atoms. The molecule has 0 aliphatic rings. The van der Waals surface area contributed by atoms with Crippen LogP contribution >= 0.6 is 0 Å². The molecule has 0 saturated carbocycles. The highest BCUT2D eigenvalue weighted by Gasteiger charge is 2.14. The van der Waals surface area contributed by atoms with E-state index in [1.54, 1.807) is 0 Å². The Bertz CT molecular complexity index is 945. The van der Waals surface area contributed by atoms with Gasteiger partial charge in [0.05, 0.1) is 16.8 Å². The van der Waals surface area contributed by atoms with Crippen molar-refractivity contribution in [1.82, 2.24) is 19.7 Å². The lowest BCUT2D eigenvalue weighted by atomic mass is 10.3. The first-order chi connectivity index (χ1) is 11.6. The number of rotatable bonds is 4. The number of non-ortho nitro benzene ring substituents is 1. The van der Waals surface area contributed by atoms with Gasteiger partial charge in [-0.05, 0) is 12.1 Å². The van der Waals surface area contributed by atoms with Gasteiger partial charge in [-0.25, -0.2) is 9.67 Å². The summed E-state index contributed by atoms with van der Waals surface area (Å²) in [5.74, 6) is -0.574. The highest BCUT2D eigenvalue weighted by Crippen LogP contribution is 2.14. The molecule has 0 atom stereocenters. The number of nitrogens with zero attached hydrogens (tertiary/aromatic N) is 4. The number of aromatic amines is 1. The summed E-state index contributed by atoms with van der Waals surface area (Å²) in [6.45, 7) is 0. The fourth-order valence-electron chi connectivity index (χ4n) is 1.98. The minimum absolute atomic E-state index is 0.0176. The maximum atomic E-state index is 12.3. The standard InChI is InChI=1S/C14H10N6O4/c21-13(11-7-15-5-6-16-11)18-12-8-17-19(14(12)22)9-1-3-10(4-2-9)20(23)24/h1-8,17H,(H,18,21). The molecule has 0 spiro atoms. The van der Waals surface area contributed by atoms with Gasteiger partial charge in [-0.3, -0.25) is 29.8 Å². The van der Waals surface area contributed by atoms with Crippen molar-refractivity contribution >= 4 is 17.3 Å². The van der Waals surface area contributed by atoms with Crippen molar-refractivity contribution in [2.24, 2.45) is 0 Å². The van der Waals surface area contributed by atoms with E-state index in [9.17, 15) is 19.7 Å². The van der Waals surface area contributed by atoms with Gasteiger partial charge in [0, 0.05) is 30.7 Å². The van der Waals surface area contributed by atoms with E-state index < -0.39 is 16.4 Å². The molecule has 0 aliphatic heterocycles. The van der Waals surface area contributed by atoms with E-state index in [4.69, 9.17) is 0 Å². The highest BCUT2D eigenvalue weighted by atomic mass is 16.6. The maximum absolute atomic E-state index is 12.3. The number of nitrogens with one attached hydrogen (secondary N) is 2. The van der Waals surface area contributed by atoms with Crippen LogP contribution in [0.1, 0.15) is 10.5 Å². The number of nitro groups is 1. The van der Waals surface area contributed by atoms with Crippen molar-refractivity contribution in [3.8, 4) is 5.69 Å². The molecule has 2 aromatic heterocycles. The van der Waals surface area contributed by atoms with Crippen LogP contribution in [0.5, 0.6) is 0 Å². The molecule has 0 unspecified atom stereocenters. The maximum Gasteiger partial charge on any atom is 0.294 e. The third-order valence-corrected chi connectivity index (χ3v) is 3.13.